The Morgan fingerprint density at radius 2 is 1.96 bits per heavy atom. The van der Waals surface area contributed by atoms with Crippen LogP contribution in [0.25, 0.3) is 0 Å². The smallest absolute Gasteiger partial charge is 0.247 e. The van der Waals surface area contributed by atoms with E-state index in [1.54, 1.807) is 18.9 Å². The van der Waals surface area contributed by atoms with E-state index < -0.39 is 0 Å². The number of ether oxygens (including phenoxy) is 1. The Hall–Kier alpha value is -2.47. The van der Waals surface area contributed by atoms with Gasteiger partial charge in [0.05, 0.1) is 7.11 Å². The number of nitrogens with zero attached hydrogens (tertiary/aromatic N) is 2. The number of methoxy groups -OCH3 is 1. The first-order chi connectivity index (χ1) is 11.7. The highest BCUT2D eigenvalue weighted by Gasteiger charge is 2.07. The number of anilines is 2. The third-order valence-corrected chi connectivity index (χ3v) is 4.68. The van der Waals surface area contributed by atoms with E-state index >= 15 is 0 Å². The molecule has 2 aromatic carbocycles. The number of aromatic amines is 1. The first-order valence-corrected chi connectivity index (χ1v) is 8.65. The molecular formula is C18H20N4OS. The third kappa shape index (κ3) is 3.89. The highest BCUT2D eigenvalue weighted by atomic mass is 32.2. The zero-order valence-corrected chi connectivity index (χ0v) is 14.8. The molecule has 0 bridgehead atoms. The largest absolute Gasteiger partial charge is 0.497 e. The predicted octanol–water partition coefficient (Wildman–Crippen LogP) is 4.47. The first kappa shape index (κ1) is 16.4. The van der Waals surface area contributed by atoms with Crippen molar-refractivity contribution in [3.05, 3.63) is 59.2 Å². The normalized spacial score (nSPS) is 10.6. The van der Waals surface area contributed by atoms with Crippen LogP contribution in [0.2, 0.25) is 0 Å². The summed E-state index contributed by atoms with van der Waals surface area (Å²) in [6.45, 7) is 4.14. The molecule has 3 rings (SSSR count). The van der Waals surface area contributed by atoms with Gasteiger partial charge in [0.2, 0.25) is 5.95 Å². The van der Waals surface area contributed by atoms with Gasteiger partial charge in [-0.05, 0) is 48.7 Å². The zero-order chi connectivity index (χ0) is 16.9. The molecule has 3 aromatic rings. The van der Waals surface area contributed by atoms with Gasteiger partial charge in [-0.3, -0.25) is 5.10 Å². The second-order valence-corrected chi connectivity index (χ2v) is 6.45. The molecule has 0 atom stereocenters. The molecule has 0 unspecified atom stereocenters. The maximum atomic E-state index is 5.22. The highest BCUT2D eigenvalue weighted by molar-refractivity contribution is 7.98. The summed E-state index contributed by atoms with van der Waals surface area (Å²) in [7, 11) is 1.66. The van der Waals surface area contributed by atoms with E-state index in [0.717, 1.165) is 27.9 Å². The third-order valence-electron chi connectivity index (χ3n) is 3.77. The van der Waals surface area contributed by atoms with Crippen molar-refractivity contribution in [3.8, 4) is 5.75 Å². The van der Waals surface area contributed by atoms with Gasteiger partial charge in [-0.1, -0.05) is 36.0 Å². The fraction of sp³-hybridized carbons (Fsp3) is 0.222. The maximum Gasteiger partial charge on any atom is 0.247 e. The average Bonchev–Trinajstić information content (AvgIpc) is 3.03. The van der Waals surface area contributed by atoms with Crippen LogP contribution in [0.4, 0.5) is 11.6 Å². The summed E-state index contributed by atoms with van der Waals surface area (Å²) in [5, 5.41) is 11.2. The zero-order valence-electron chi connectivity index (χ0n) is 14.0. The highest BCUT2D eigenvalue weighted by Crippen LogP contribution is 2.25. The Morgan fingerprint density at radius 1 is 1.12 bits per heavy atom. The quantitative estimate of drug-likeness (QED) is 0.648. The minimum Gasteiger partial charge on any atom is -0.497 e. The number of hydrogen-bond donors (Lipinski definition) is 2. The van der Waals surface area contributed by atoms with Gasteiger partial charge in [0.25, 0.3) is 0 Å². The Balaban J connectivity index is 1.64. The Labute approximate surface area is 145 Å². The number of aryl methyl sites for hydroxylation is 2. The molecule has 0 saturated carbocycles. The molecule has 5 nitrogen and oxygen atoms in total. The lowest BCUT2D eigenvalue weighted by molar-refractivity contribution is 0.414. The molecule has 0 saturated heterocycles. The molecule has 0 fully saturated rings. The summed E-state index contributed by atoms with van der Waals surface area (Å²) in [5.41, 5.74) is 4.63. The van der Waals surface area contributed by atoms with Crippen LogP contribution in [-0.2, 0) is 5.75 Å². The Bertz CT molecular complexity index is 831. The second kappa shape index (κ2) is 7.40. The fourth-order valence-electron chi connectivity index (χ4n) is 2.31. The number of thioether (sulfide) groups is 1. The molecule has 0 spiro atoms. The van der Waals surface area contributed by atoms with Crippen LogP contribution < -0.4 is 10.1 Å². The van der Waals surface area contributed by atoms with E-state index in [-0.39, 0.29) is 0 Å². The molecule has 124 valence electrons. The van der Waals surface area contributed by atoms with E-state index in [2.05, 4.69) is 51.7 Å². The summed E-state index contributed by atoms with van der Waals surface area (Å²) in [5.74, 6) is 2.26. The molecule has 1 heterocycles. The van der Waals surface area contributed by atoms with E-state index in [9.17, 15) is 0 Å². The molecule has 24 heavy (non-hydrogen) atoms. The second-order valence-electron chi connectivity index (χ2n) is 5.49. The van der Waals surface area contributed by atoms with Crippen LogP contribution >= 0.6 is 11.8 Å². The van der Waals surface area contributed by atoms with Gasteiger partial charge in [-0.25, -0.2) is 0 Å². The van der Waals surface area contributed by atoms with Crippen molar-refractivity contribution in [2.75, 3.05) is 12.4 Å². The van der Waals surface area contributed by atoms with Gasteiger partial charge in [-0.2, -0.15) is 4.98 Å². The Kier molecular flexibility index (Phi) is 5.05. The summed E-state index contributed by atoms with van der Waals surface area (Å²) in [4.78, 5) is 4.49. The van der Waals surface area contributed by atoms with E-state index in [1.807, 2.05) is 25.1 Å². The summed E-state index contributed by atoms with van der Waals surface area (Å²) in [6, 6.07) is 14.2. The number of benzene rings is 2. The number of H-pyrrole nitrogens is 1. The number of hydrogen-bond acceptors (Lipinski definition) is 5. The molecule has 0 aliphatic heterocycles. The van der Waals surface area contributed by atoms with Crippen molar-refractivity contribution < 1.29 is 4.74 Å². The maximum absolute atomic E-state index is 5.22. The average molecular weight is 340 g/mol. The molecule has 0 aliphatic rings. The van der Waals surface area contributed by atoms with Crippen molar-refractivity contribution in [1.29, 1.82) is 0 Å². The lowest BCUT2D eigenvalue weighted by atomic mass is 10.1. The SMILES string of the molecule is COc1ccc(Nc2n[nH]c(SCc3ccccc3C)n2)c(C)c1. The minimum absolute atomic E-state index is 0.565. The number of aromatic nitrogens is 3. The van der Waals surface area contributed by atoms with Crippen molar-refractivity contribution in [2.24, 2.45) is 0 Å². The molecule has 0 amide bonds. The lowest BCUT2D eigenvalue weighted by Crippen LogP contribution is -1.95. The molecule has 0 radical (unpaired) electrons. The molecule has 1 aromatic heterocycles. The van der Waals surface area contributed by atoms with Crippen molar-refractivity contribution in [3.63, 3.8) is 0 Å². The van der Waals surface area contributed by atoms with E-state index in [4.69, 9.17) is 4.74 Å². The minimum atomic E-state index is 0.565. The summed E-state index contributed by atoms with van der Waals surface area (Å²) in [6.07, 6.45) is 0. The number of nitrogens with one attached hydrogen (secondary N) is 2. The van der Waals surface area contributed by atoms with Crippen molar-refractivity contribution in [2.45, 2.75) is 24.8 Å². The van der Waals surface area contributed by atoms with Crippen LogP contribution in [-0.4, -0.2) is 22.3 Å². The van der Waals surface area contributed by atoms with Crippen LogP contribution in [0.1, 0.15) is 16.7 Å². The van der Waals surface area contributed by atoms with Crippen LogP contribution in [0.3, 0.4) is 0 Å². The number of rotatable bonds is 6. The lowest BCUT2D eigenvalue weighted by Gasteiger charge is -2.07. The van der Waals surface area contributed by atoms with Crippen LogP contribution in [0.15, 0.2) is 47.6 Å². The van der Waals surface area contributed by atoms with Gasteiger partial charge in [-0.15, -0.1) is 5.10 Å². The fourth-order valence-corrected chi connectivity index (χ4v) is 3.19. The summed E-state index contributed by atoms with van der Waals surface area (Å²) >= 11 is 1.64. The van der Waals surface area contributed by atoms with Gasteiger partial charge < -0.3 is 10.1 Å². The van der Waals surface area contributed by atoms with E-state index in [0.29, 0.717) is 5.95 Å². The molecular weight excluding hydrogens is 320 g/mol. The monoisotopic (exact) mass is 340 g/mol. The van der Waals surface area contributed by atoms with E-state index in [1.165, 1.54) is 11.1 Å². The topological polar surface area (TPSA) is 62.8 Å². The molecule has 0 aliphatic carbocycles. The van der Waals surface area contributed by atoms with Crippen molar-refractivity contribution in [1.82, 2.24) is 15.2 Å². The van der Waals surface area contributed by atoms with Gasteiger partial charge in [0.15, 0.2) is 5.16 Å². The van der Waals surface area contributed by atoms with Gasteiger partial charge in [0, 0.05) is 11.4 Å². The standard InChI is InChI=1S/C18H20N4OS/c1-12-6-4-5-7-14(12)11-24-18-20-17(21-22-18)19-16-9-8-15(23-3)10-13(16)2/h4-10H,11H2,1-3H3,(H2,19,20,21,22). The first-order valence-electron chi connectivity index (χ1n) is 7.67. The van der Waals surface area contributed by atoms with Crippen molar-refractivity contribution >= 4 is 23.4 Å². The Morgan fingerprint density at radius 3 is 2.71 bits per heavy atom. The molecule has 2 N–H and O–H groups in total. The molecule has 6 heteroatoms. The van der Waals surface area contributed by atoms with Crippen LogP contribution in [0.5, 0.6) is 5.75 Å². The summed E-state index contributed by atoms with van der Waals surface area (Å²) < 4.78 is 5.22. The van der Waals surface area contributed by atoms with Gasteiger partial charge >= 0.3 is 0 Å². The van der Waals surface area contributed by atoms with Crippen LogP contribution in [0, 0.1) is 13.8 Å². The predicted molar refractivity (Wildman–Crippen MR) is 98.1 cm³/mol. The van der Waals surface area contributed by atoms with Gasteiger partial charge in [0.1, 0.15) is 5.75 Å².